The van der Waals surface area contributed by atoms with Crippen molar-refractivity contribution in [2.45, 2.75) is 83.5 Å². The maximum Gasteiger partial charge on any atom is 0.0800 e. The van der Waals surface area contributed by atoms with Crippen molar-refractivity contribution in [3.63, 3.8) is 0 Å². The molecular formula is C16H33NO2. The summed E-state index contributed by atoms with van der Waals surface area (Å²) in [5, 5.41) is 3.67. The van der Waals surface area contributed by atoms with Crippen molar-refractivity contribution in [3.05, 3.63) is 0 Å². The third-order valence-electron chi connectivity index (χ3n) is 4.59. The molecule has 0 saturated carbocycles. The lowest BCUT2D eigenvalue weighted by atomic mass is 9.88. The van der Waals surface area contributed by atoms with E-state index in [1.807, 2.05) is 7.11 Å². The first-order valence-corrected chi connectivity index (χ1v) is 8.06. The van der Waals surface area contributed by atoms with Crippen LogP contribution in [0.3, 0.4) is 0 Å². The van der Waals surface area contributed by atoms with Gasteiger partial charge in [-0.3, -0.25) is 0 Å². The molecule has 0 aromatic rings. The second-order valence-corrected chi connectivity index (χ2v) is 5.94. The first-order chi connectivity index (χ1) is 9.16. The normalized spacial score (nSPS) is 24.3. The maximum atomic E-state index is 5.77. The van der Waals surface area contributed by atoms with Crippen LogP contribution in [0.4, 0.5) is 0 Å². The predicted molar refractivity (Wildman–Crippen MR) is 80.6 cm³/mol. The van der Waals surface area contributed by atoms with Gasteiger partial charge >= 0.3 is 0 Å². The van der Waals surface area contributed by atoms with Gasteiger partial charge in [0.25, 0.3) is 0 Å². The Morgan fingerprint density at radius 3 is 2.74 bits per heavy atom. The van der Waals surface area contributed by atoms with Crippen molar-refractivity contribution in [1.82, 2.24) is 5.32 Å². The van der Waals surface area contributed by atoms with Crippen LogP contribution in [0, 0.1) is 0 Å². The molecule has 1 saturated heterocycles. The van der Waals surface area contributed by atoms with Gasteiger partial charge in [0.2, 0.25) is 0 Å². The van der Waals surface area contributed by atoms with Gasteiger partial charge < -0.3 is 14.8 Å². The van der Waals surface area contributed by atoms with E-state index in [0.29, 0.717) is 12.1 Å². The Kier molecular flexibility index (Phi) is 7.96. The van der Waals surface area contributed by atoms with Crippen LogP contribution in [0.1, 0.15) is 65.7 Å². The number of hydrogen-bond donors (Lipinski definition) is 1. The van der Waals surface area contributed by atoms with Crippen molar-refractivity contribution in [2.24, 2.45) is 0 Å². The number of hydrogen-bond acceptors (Lipinski definition) is 3. The zero-order valence-electron chi connectivity index (χ0n) is 13.3. The first-order valence-electron chi connectivity index (χ1n) is 8.06. The van der Waals surface area contributed by atoms with Crippen molar-refractivity contribution >= 4 is 0 Å². The summed E-state index contributed by atoms with van der Waals surface area (Å²) >= 11 is 0. The molecule has 1 fully saturated rings. The fraction of sp³-hybridized carbons (Fsp3) is 1.00. The Labute approximate surface area is 119 Å². The standard InChI is InChI=1S/C16H33NO2/c1-5-12-17-15(16(3,6-2)18-4)11-7-9-14-10-8-13-19-14/h14-15,17H,5-13H2,1-4H3. The molecule has 1 heterocycles. The summed E-state index contributed by atoms with van der Waals surface area (Å²) in [7, 11) is 1.84. The summed E-state index contributed by atoms with van der Waals surface area (Å²) in [4.78, 5) is 0. The number of nitrogens with one attached hydrogen (secondary N) is 1. The van der Waals surface area contributed by atoms with E-state index < -0.39 is 0 Å². The highest BCUT2D eigenvalue weighted by Gasteiger charge is 2.31. The second-order valence-electron chi connectivity index (χ2n) is 5.94. The molecule has 0 amide bonds. The summed E-state index contributed by atoms with van der Waals surface area (Å²) in [6.45, 7) is 8.69. The minimum absolute atomic E-state index is 0.0499. The number of rotatable bonds is 10. The summed E-state index contributed by atoms with van der Waals surface area (Å²) in [5.41, 5.74) is -0.0499. The zero-order chi connectivity index (χ0) is 14.1. The molecule has 3 atom stereocenters. The van der Waals surface area contributed by atoms with Crippen molar-refractivity contribution < 1.29 is 9.47 Å². The van der Waals surface area contributed by atoms with Gasteiger partial charge in [-0.25, -0.2) is 0 Å². The Morgan fingerprint density at radius 2 is 2.21 bits per heavy atom. The van der Waals surface area contributed by atoms with Gasteiger partial charge in [-0.2, -0.15) is 0 Å². The van der Waals surface area contributed by atoms with Crippen LogP contribution >= 0.6 is 0 Å². The molecule has 0 radical (unpaired) electrons. The molecule has 3 nitrogen and oxygen atoms in total. The van der Waals surface area contributed by atoms with Crippen LogP contribution in [-0.2, 0) is 9.47 Å². The average molecular weight is 271 g/mol. The molecule has 0 bridgehead atoms. The quantitative estimate of drug-likeness (QED) is 0.659. The smallest absolute Gasteiger partial charge is 0.0800 e. The van der Waals surface area contributed by atoms with Gasteiger partial charge in [0.15, 0.2) is 0 Å². The highest BCUT2D eigenvalue weighted by atomic mass is 16.5. The molecule has 0 aromatic heterocycles. The van der Waals surface area contributed by atoms with E-state index in [9.17, 15) is 0 Å². The molecule has 3 unspecified atom stereocenters. The lowest BCUT2D eigenvalue weighted by molar-refractivity contribution is -0.0324. The van der Waals surface area contributed by atoms with E-state index in [2.05, 4.69) is 26.1 Å². The monoisotopic (exact) mass is 271 g/mol. The highest BCUT2D eigenvalue weighted by Crippen LogP contribution is 2.25. The van der Waals surface area contributed by atoms with Gasteiger partial charge in [0.05, 0.1) is 11.7 Å². The van der Waals surface area contributed by atoms with Crippen LogP contribution in [0.15, 0.2) is 0 Å². The van der Waals surface area contributed by atoms with Gasteiger partial charge in [-0.15, -0.1) is 0 Å². The van der Waals surface area contributed by atoms with Crippen LogP contribution < -0.4 is 5.32 Å². The fourth-order valence-corrected chi connectivity index (χ4v) is 2.90. The Bertz CT molecular complexity index is 223. The van der Waals surface area contributed by atoms with Gasteiger partial charge in [0.1, 0.15) is 0 Å². The number of ether oxygens (including phenoxy) is 2. The molecular weight excluding hydrogens is 238 g/mol. The number of methoxy groups -OCH3 is 1. The maximum absolute atomic E-state index is 5.77. The van der Waals surface area contributed by atoms with Gasteiger partial charge in [-0.05, 0) is 58.4 Å². The van der Waals surface area contributed by atoms with E-state index in [1.165, 1.54) is 38.5 Å². The molecule has 3 heteroatoms. The van der Waals surface area contributed by atoms with E-state index in [1.54, 1.807) is 0 Å². The molecule has 1 rings (SSSR count). The molecule has 19 heavy (non-hydrogen) atoms. The molecule has 1 aliphatic rings. The third kappa shape index (κ3) is 5.41. The first kappa shape index (κ1) is 16.9. The molecule has 1 N–H and O–H groups in total. The predicted octanol–water partition coefficient (Wildman–Crippen LogP) is 3.52. The SMILES string of the molecule is CCCNC(CCCC1CCCO1)C(C)(CC)OC. The Hall–Kier alpha value is -0.120. The summed E-state index contributed by atoms with van der Waals surface area (Å²) in [5.74, 6) is 0. The minimum atomic E-state index is -0.0499. The lowest BCUT2D eigenvalue weighted by Gasteiger charge is -2.37. The van der Waals surface area contributed by atoms with E-state index in [4.69, 9.17) is 9.47 Å². The summed E-state index contributed by atoms with van der Waals surface area (Å²) < 4.78 is 11.5. The Balaban J connectivity index is 2.39. The molecule has 0 aromatic carbocycles. The van der Waals surface area contributed by atoms with Gasteiger partial charge in [0, 0.05) is 19.8 Å². The lowest BCUT2D eigenvalue weighted by Crippen LogP contribution is -2.50. The van der Waals surface area contributed by atoms with E-state index in [-0.39, 0.29) is 5.60 Å². The summed E-state index contributed by atoms with van der Waals surface area (Å²) in [6.07, 6.45) is 8.84. The topological polar surface area (TPSA) is 30.5 Å². The van der Waals surface area contributed by atoms with Crippen LogP contribution in [0.2, 0.25) is 0 Å². The molecule has 0 spiro atoms. The zero-order valence-corrected chi connectivity index (χ0v) is 13.3. The van der Waals surface area contributed by atoms with Crippen LogP contribution in [-0.4, -0.2) is 38.0 Å². The second kappa shape index (κ2) is 8.93. The van der Waals surface area contributed by atoms with Gasteiger partial charge in [-0.1, -0.05) is 13.8 Å². The van der Waals surface area contributed by atoms with Crippen LogP contribution in [0.25, 0.3) is 0 Å². The fourth-order valence-electron chi connectivity index (χ4n) is 2.90. The largest absolute Gasteiger partial charge is 0.378 e. The summed E-state index contributed by atoms with van der Waals surface area (Å²) in [6, 6.07) is 0.448. The third-order valence-corrected chi connectivity index (χ3v) is 4.59. The minimum Gasteiger partial charge on any atom is -0.378 e. The molecule has 1 aliphatic heterocycles. The van der Waals surface area contributed by atoms with Crippen molar-refractivity contribution in [3.8, 4) is 0 Å². The highest BCUT2D eigenvalue weighted by molar-refractivity contribution is 4.88. The van der Waals surface area contributed by atoms with E-state index in [0.717, 1.165) is 19.6 Å². The molecule has 0 aliphatic carbocycles. The van der Waals surface area contributed by atoms with Crippen molar-refractivity contribution in [1.29, 1.82) is 0 Å². The molecule has 114 valence electrons. The van der Waals surface area contributed by atoms with E-state index >= 15 is 0 Å². The van der Waals surface area contributed by atoms with Crippen LogP contribution in [0.5, 0.6) is 0 Å². The van der Waals surface area contributed by atoms with Crippen molar-refractivity contribution in [2.75, 3.05) is 20.3 Å². The average Bonchev–Trinajstić information content (AvgIpc) is 2.95. The Morgan fingerprint density at radius 1 is 1.42 bits per heavy atom.